The van der Waals surface area contributed by atoms with E-state index in [-0.39, 0.29) is 5.02 Å². The maximum atomic E-state index is 12.3. The van der Waals surface area contributed by atoms with Crippen molar-refractivity contribution >= 4 is 11.6 Å². The molecule has 1 nitrogen and oxygen atoms in total. The van der Waals surface area contributed by atoms with E-state index in [0.717, 1.165) is 0 Å². The van der Waals surface area contributed by atoms with E-state index < -0.39 is 5.82 Å². The molecule has 1 aromatic carbocycles. The SMILES string of the molecule is COc1ccc(F)[c]c1Cl. The minimum Gasteiger partial charge on any atom is -0.495 e. The zero-order chi connectivity index (χ0) is 7.56. The summed E-state index contributed by atoms with van der Waals surface area (Å²) in [5.74, 6) is -0.0473. The summed E-state index contributed by atoms with van der Waals surface area (Å²) in [7, 11) is 1.47. The van der Waals surface area contributed by atoms with E-state index in [4.69, 9.17) is 16.3 Å². The van der Waals surface area contributed by atoms with Gasteiger partial charge in [0.1, 0.15) is 11.6 Å². The Bertz CT molecular complexity index is 237. The summed E-state index contributed by atoms with van der Waals surface area (Å²) in [5, 5.41) is 0.169. The van der Waals surface area contributed by atoms with Gasteiger partial charge in [-0.1, -0.05) is 11.6 Å². The van der Waals surface area contributed by atoms with E-state index in [1.165, 1.54) is 19.2 Å². The lowest BCUT2D eigenvalue weighted by Gasteiger charge is -1.99. The molecule has 0 aliphatic rings. The predicted octanol–water partition coefficient (Wildman–Crippen LogP) is 2.29. The molecule has 0 saturated heterocycles. The van der Waals surface area contributed by atoms with Crippen LogP contribution in [-0.4, -0.2) is 7.11 Å². The van der Waals surface area contributed by atoms with Crippen LogP contribution >= 0.6 is 11.6 Å². The fraction of sp³-hybridized carbons (Fsp3) is 0.143. The Hall–Kier alpha value is -0.760. The van der Waals surface area contributed by atoms with Crippen LogP contribution in [0.15, 0.2) is 12.1 Å². The summed E-state index contributed by atoms with van der Waals surface area (Å²) < 4.78 is 17.1. The zero-order valence-corrected chi connectivity index (χ0v) is 6.07. The van der Waals surface area contributed by atoms with E-state index in [1.54, 1.807) is 0 Å². The van der Waals surface area contributed by atoms with Gasteiger partial charge in [0.25, 0.3) is 0 Å². The van der Waals surface area contributed by atoms with Crippen molar-refractivity contribution in [2.45, 2.75) is 0 Å². The van der Waals surface area contributed by atoms with E-state index in [0.29, 0.717) is 5.75 Å². The van der Waals surface area contributed by atoms with Crippen molar-refractivity contribution in [3.63, 3.8) is 0 Å². The molecule has 0 N–H and O–H groups in total. The molecular weight excluding hydrogens is 155 g/mol. The van der Waals surface area contributed by atoms with E-state index in [2.05, 4.69) is 6.07 Å². The van der Waals surface area contributed by atoms with E-state index >= 15 is 0 Å². The smallest absolute Gasteiger partial charge is 0.138 e. The van der Waals surface area contributed by atoms with Gasteiger partial charge >= 0.3 is 0 Å². The van der Waals surface area contributed by atoms with E-state index in [9.17, 15) is 4.39 Å². The molecule has 0 unspecified atom stereocenters. The lowest BCUT2D eigenvalue weighted by molar-refractivity contribution is 0.414. The Labute approximate surface area is 63.4 Å². The summed E-state index contributed by atoms with van der Waals surface area (Å²) in [6.07, 6.45) is 0. The maximum absolute atomic E-state index is 12.3. The van der Waals surface area contributed by atoms with Gasteiger partial charge in [0.15, 0.2) is 0 Å². The number of benzene rings is 1. The monoisotopic (exact) mass is 159 g/mol. The summed E-state index contributed by atoms with van der Waals surface area (Å²) in [4.78, 5) is 0. The quantitative estimate of drug-likeness (QED) is 0.611. The number of methoxy groups -OCH3 is 1. The molecule has 0 bridgehead atoms. The first kappa shape index (κ1) is 7.35. The van der Waals surface area contributed by atoms with Gasteiger partial charge in [0.2, 0.25) is 0 Å². The highest BCUT2D eigenvalue weighted by atomic mass is 35.5. The van der Waals surface area contributed by atoms with Gasteiger partial charge in [-0.3, -0.25) is 0 Å². The Morgan fingerprint density at radius 2 is 2.30 bits per heavy atom. The first-order valence-corrected chi connectivity index (χ1v) is 3.03. The molecule has 0 spiro atoms. The van der Waals surface area contributed by atoms with Crippen LogP contribution in [0.1, 0.15) is 0 Å². The Morgan fingerprint density at radius 1 is 1.60 bits per heavy atom. The average Bonchev–Trinajstić information content (AvgIpc) is 1.88. The third-order valence-corrected chi connectivity index (χ3v) is 1.33. The largest absolute Gasteiger partial charge is 0.495 e. The highest BCUT2D eigenvalue weighted by Gasteiger charge is 2.00. The lowest BCUT2D eigenvalue weighted by atomic mass is 10.3. The van der Waals surface area contributed by atoms with Gasteiger partial charge in [-0.05, 0) is 12.1 Å². The molecule has 0 aromatic heterocycles. The van der Waals surface area contributed by atoms with Crippen molar-refractivity contribution < 1.29 is 9.13 Å². The molecule has 1 radical (unpaired) electrons. The zero-order valence-electron chi connectivity index (χ0n) is 5.32. The molecule has 0 aliphatic heterocycles. The minimum atomic E-state index is -0.481. The van der Waals surface area contributed by atoms with Crippen LogP contribution in [0.3, 0.4) is 0 Å². The predicted molar refractivity (Wildman–Crippen MR) is 36.8 cm³/mol. The molecule has 0 heterocycles. The Morgan fingerprint density at radius 3 is 2.80 bits per heavy atom. The fourth-order valence-corrected chi connectivity index (χ4v) is 0.818. The van der Waals surface area contributed by atoms with Crippen molar-refractivity contribution in [3.8, 4) is 5.75 Å². The van der Waals surface area contributed by atoms with Gasteiger partial charge in [-0.15, -0.1) is 0 Å². The third kappa shape index (κ3) is 1.39. The summed E-state index contributed by atoms with van der Waals surface area (Å²) in [6, 6.07) is 4.96. The van der Waals surface area contributed by atoms with Crippen molar-refractivity contribution in [3.05, 3.63) is 29.0 Å². The number of hydrogen-bond acceptors (Lipinski definition) is 1. The second kappa shape index (κ2) is 2.88. The number of ether oxygens (including phenoxy) is 1. The first-order valence-electron chi connectivity index (χ1n) is 2.65. The van der Waals surface area contributed by atoms with Gasteiger partial charge in [-0.2, -0.15) is 0 Å². The minimum absolute atomic E-state index is 0.169. The molecule has 1 aromatic rings. The fourth-order valence-electron chi connectivity index (χ4n) is 0.588. The molecule has 0 aliphatic carbocycles. The van der Waals surface area contributed by atoms with E-state index in [1.807, 2.05) is 0 Å². The molecular formula is C7H5ClFO. The van der Waals surface area contributed by atoms with Crippen LogP contribution in [0.5, 0.6) is 5.75 Å². The maximum Gasteiger partial charge on any atom is 0.138 e. The first-order chi connectivity index (χ1) is 4.74. The molecule has 0 fully saturated rings. The highest BCUT2D eigenvalue weighted by molar-refractivity contribution is 6.31. The topological polar surface area (TPSA) is 9.23 Å². The normalized spacial score (nSPS) is 9.50. The molecule has 53 valence electrons. The Kier molecular flexibility index (Phi) is 2.12. The van der Waals surface area contributed by atoms with Gasteiger partial charge in [0.05, 0.1) is 12.1 Å². The number of halogens is 2. The van der Waals surface area contributed by atoms with Crippen LogP contribution in [-0.2, 0) is 0 Å². The highest BCUT2D eigenvalue weighted by Crippen LogP contribution is 2.23. The van der Waals surface area contributed by atoms with Crippen LogP contribution in [0.2, 0.25) is 5.02 Å². The van der Waals surface area contributed by atoms with Crippen LogP contribution in [0.25, 0.3) is 0 Å². The lowest BCUT2D eigenvalue weighted by Crippen LogP contribution is -1.84. The van der Waals surface area contributed by atoms with Crippen LogP contribution in [0.4, 0.5) is 4.39 Å². The second-order valence-corrected chi connectivity index (χ2v) is 2.07. The third-order valence-electron chi connectivity index (χ3n) is 1.05. The van der Waals surface area contributed by atoms with Crippen molar-refractivity contribution in [2.24, 2.45) is 0 Å². The average molecular weight is 160 g/mol. The summed E-state index contributed by atoms with van der Waals surface area (Å²) in [5.41, 5.74) is 0. The number of rotatable bonds is 1. The van der Waals surface area contributed by atoms with Crippen LogP contribution < -0.4 is 4.74 Å². The molecule has 0 atom stereocenters. The van der Waals surface area contributed by atoms with Crippen molar-refractivity contribution in [1.82, 2.24) is 0 Å². The van der Waals surface area contributed by atoms with Gasteiger partial charge in [0, 0.05) is 6.07 Å². The van der Waals surface area contributed by atoms with Crippen LogP contribution in [0, 0.1) is 11.9 Å². The molecule has 10 heavy (non-hydrogen) atoms. The van der Waals surface area contributed by atoms with Crippen molar-refractivity contribution in [2.75, 3.05) is 7.11 Å². The molecule has 0 saturated carbocycles. The molecule has 0 amide bonds. The molecule has 3 heteroatoms. The Balaban J connectivity index is 3.07. The molecule has 1 rings (SSSR count). The second-order valence-electron chi connectivity index (χ2n) is 1.69. The van der Waals surface area contributed by atoms with Gasteiger partial charge < -0.3 is 4.74 Å². The summed E-state index contributed by atoms with van der Waals surface area (Å²) in [6.45, 7) is 0. The standard InChI is InChI=1S/C7H5ClFO/c1-10-7-3-2-5(9)4-6(7)8/h2-3H,1H3. The van der Waals surface area contributed by atoms with Crippen molar-refractivity contribution in [1.29, 1.82) is 0 Å². The number of hydrogen-bond donors (Lipinski definition) is 0. The summed E-state index contributed by atoms with van der Waals surface area (Å²) >= 11 is 5.51. The van der Waals surface area contributed by atoms with Gasteiger partial charge in [-0.25, -0.2) is 4.39 Å².